The van der Waals surface area contributed by atoms with Gasteiger partial charge in [0.15, 0.2) is 0 Å². The summed E-state index contributed by atoms with van der Waals surface area (Å²) in [4.78, 5) is 0. The molecule has 2 N–H and O–H groups in total. The Morgan fingerprint density at radius 3 is 2.75 bits per heavy atom. The lowest BCUT2D eigenvalue weighted by Gasteiger charge is -2.15. The molecule has 2 rings (SSSR count). The fourth-order valence-corrected chi connectivity index (χ4v) is 2.16. The summed E-state index contributed by atoms with van der Waals surface area (Å²) in [5, 5.41) is 2.35. The van der Waals surface area contributed by atoms with E-state index < -0.39 is 0 Å². The normalized spacial score (nSPS) is 12.7. The summed E-state index contributed by atoms with van der Waals surface area (Å²) in [6.45, 7) is 2.47. The molecule has 84 valence electrons. The van der Waals surface area contributed by atoms with Crippen molar-refractivity contribution in [1.82, 2.24) is 0 Å². The van der Waals surface area contributed by atoms with Gasteiger partial charge in [-0.15, -0.1) is 0 Å². The Balaban J connectivity index is 2.44. The second kappa shape index (κ2) is 4.85. The lowest BCUT2D eigenvalue weighted by atomic mass is 10.1. The van der Waals surface area contributed by atoms with Crippen molar-refractivity contribution in [3.8, 4) is 5.75 Å². The maximum atomic E-state index is 5.73. The maximum Gasteiger partial charge on any atom is 0.134 e. The minimum atomic E-state index is 0.0254. The summed E-state index contributed by atoms with van der Waals surface area (Å²) in [5.41, 5.74) is 5.54. The van der Waals surface area contributed by atoms with Crippen LogP contribution >= 0.6 is 15.9 Å². The smallest absolute Gasteiger partial charge is 0.134 e. The lowest BCUT2D eigenvalue weighted by molar-refractivity contribution is 0.229. The van der Waals surface area contributed by atoms with E-state index >= 15 is 0 Å². The van der Waals surface area contributed by atoms with Gasteiger partial charge in [-0.1, -0.05) is 30.3 Å². The first-order chi connectivity index (χ1) is 7.72. The van der Waals surface area contributed by atoms with Crippen LogP contribution in [0.25, 0.3) is 10.8 Å². The molecule has 0 fully saturated rings. The van der Waals surface area contributed by atoms with Crippen molar-refractivity contribution in [3.05, 3.63) is 40.9 Å². The Morgan fingerprint density at radius 1 is 1.25 bits per heavy atom. The fourth-order valence-electron chi connectivity index (χ4n) is 1.57. The van der Waals surface area contributed by atoms with E-state index in [1.807, 2.05) is 25.1 Å². The largest absolute Gasteiger partial charge is 0.488 e. The van der Waals surface area contributed by atoms with E-state index in [1.54, 1.807) is 0 Å². The maximum absolute atomic E-state index is 5.73. The van der Waals surface area contributed by atoms with Gasteiger partial charge in [0.05, 0.1) is 4.47 Å². The van der Waals surface area contributed by atoms with Crippen molar-refractivity contribution >= 4 is 26.7 Å². The average molecular weight is 280 g/mol. The number of benzene rings is 2. The zero-order chi connectivity index (χ0) is 11.5. The van der Waals surface area contributed by atoms with Crippen LogP contribution in [0.4, 0.5) is 0 Å². The fraction of sp³-hybridized carbons (Fsp3) is 0.231. The molecule has 16 heavy (non-hydrogen) atoms. The van der Waals surface area contributed by atoms with Crippen molar-refractivity contribution in [3.63, 3.8) is 0 Å². The van der Waals surface area contributed by atoms with Gasteiger partial charge < -0.3 is 10.5 Å². The number of nitrogens with two attached hydrogens (primary N) is 1. The van der Waals surface area contributed by atoms with Gasteiger partial charge in [-0.25, -0.2) is 0 Å². The van der Waals surface area contributed by atoms with E-state index in [0.717, 1.165) is 15.6 Å². The third-order valence-corrected chi connectivity index (χ3v) is 3.31. The zero-order valence-electron chi connectivity index (χ0n) is 9.11. The first kappa shape index (κ1) is 11.4. The molecule has 3 heteroatoms. The molecule has 0 aliphatic rings. The minimum absolute atomic E-state index is 0.0254. The first-order valence-electron chi connectivity index (χ1n) is 5.26. The van der Waals surface area contributed by atoms with Crippen LogP contribution in [0.15, 0.2) is 40.9 Å². The van der Waals surface area contributed by atoms with Crippen LogP contribution < -0.4 is 10.5 Å². The van der Waals surface area contributed by atoms with E-state index in [4.69, 9.17) is 10.5 Å². The molecule has 0 saturated heterocycles. The van der Waals surface area contributed by atoms with Crippen LogP contribution in [0, 0.1) is 0 Å². The molecular formula is C13H14BrNO. The molecule has 1 unspecified atom stereocenters. The van der Waals surface area contributed by atoms with E-state index in [9.17, 15) is 0 Å². The molecule has 0 radical (unpaired) electrons. The van der Waals surface area contributed by atoms with Crippen molar-refractivity contribution in [2.45, 2.75) is 13.0 Å². The highest BCUT2D eigenvalue weighted by Crippen LogP contribution is 2.33. The number of halogens is 1. The second-order valence-corrected chi connectivity index (χ2v) is 4.56. The van der Waals surface area contributed by atoms with Gasteiger partial charge in [-0.3, -0.25) is 0 Å². The van der Waals surface area contributed by atoms with Crippen LogP contribution in [-0.2, 0) is 0 Å². The van der Waals surface area contributed by atoms with Crippen LogP contribution in [0.3, 0.4) is 0 Å². The van der Waals surface area contributed by atoms with Gasteiger partial charge in [0, 0.05) is 6.54 Å². The summed E-state index contributed by atoms with van der Waals surface area (Å²) in [6, 6.07) is 12.2. The monoisotopic (exact) mass is 279 g/mol. The highest BCUT2D eigenvalue weighted by atomic mass is 79.9. The Bertz CT molecular complexity index is 498. The lowest BCUT2D eigenvalue weighted by Crippen LogP contribution is -2.22. The quantitative estimate of drug-likeness (QED) is 0.936. The Labute approximate surface area is 104 Å². The van der Waals surface area contributed by atoms with Crippen molar-refractivity contribution in [2.24, 2.45) is 5.73 Å². The van der Waals surface area contributed by atoms with Gasteiger partial charge in [-0.05, 0) is 39.7 Å². The third-order valence-electron chi connectivity index (χ3n) is 2.49. The number of hydrogen-bond donors (Lipinski definition) is 1. The molecule has 0 aliphatic carbocycles. The number of hydrogen-bond acceptors (Lipinski definition) is 2. The molecule has 0 heterocycles. The Hall–Kier alpha value is -1.06. The predicted molar refractivity (Wildman–Crippen MR) is 70.8 cm³/mol. The van der Waals surface area contributed by atoms with Gasteiger partial charge in [0.2, 0.25) is 0 Å². The average Bonchev–Trinajstić information content (AvgIpc) is 2.33. The summed E-state index contributed by atoms with van der Waals surface area (Å²) < 4.78 is 6.72. The molecular weight excluding hydrogens is 266 g/mol. The van der Waals surface area contributed by atoms with E-state index in [1.165, 1.54) is 5.39 Å². The molecule has 0 amide bonds. The highest BCUT2D eigenvalue weighted by molar-refractivity contribution is 9.10. The molecule has 1 atom stereocenters. The number of ether oxygens (including phenoxy) is 1. The Kier molecular flexibility index (Phi) is 3.46. The topological polar surface area (TPSA) is 35.2 Å². The van der Waals surface area contributed by atoms with E-state index in [2.05, 4.69) is 34.1 Å². The van der Waals surface area contributed by atoms with Crippen LogP contribution in [0.5, 0.6) is 5.75 Å². The molecule has 0 aromatic heterocycles. The molecule has 0 aliphatic heterocycles. The number of rotatable bonds is 3. The highest BCUT2D eigenvalue weighted by Gasteiger charge is 2.08. The van der Waals surface area contributed by atoms with Gasteiger partial charge in [-0.2, -0.15) is 0 Å². The molecule has 0 spiro atoms. The number of fused-ring (bicyclic) bond motifs is 1. The molecule has 2 nitrogen and oxygen atoms in total. The second-order valence-electron chi connectivity index (χ2n) is 3.76. The SMILES string of the molecule is CC(CN)Oc1ccc2ccccc2c1Br. The van der Waals surface area contributed by atoms with Gasteiger partial charge >= 0.3 is 0 Å². The van der Waals surface area contributed by atoms with Crippen molar-refractivity contribution in [2.75, 3.05) is 6.54 Å². The Morgan fingerprint density at radius 2 is 2.00 bits per heavy atom. The first-order valence-corrected chi connectivity index (χ1v) is 6.05. The molecule has 2 aromatic carbocycles. The third kappa shape index (κ3) is 2.20. The van der Waals surface area contributed by atoms with Gasteiger partial charge in [0.1, 0.15) is 11.9 Å². The molecule has 0 bridgehead atoms. The summed E-state index contributed by atoms with van der Waals surface area (Å²) in [7, 11) is 0. The zero-order valence-corrected chi connectivity index (χ0v) is 10.7. The summed E-state index contributed by atoms with van der Waals surface area (Å²) >= 11 is 3.57. The molecule has 0 saturated carbocycles. The van der Waals surface area contributed by atoms with Crippen LogP contribution in [0.1, 0.15) is 6.92 Å². The summed E-state index contributed by atoms with van der Waals surface area (Å²) in [6.07, 6.45) is 0.0254. The minimum Gasteiger partial charge on any atom is -0.488 e. The van der Waals surface area contributed by atoms with Crippen molar-refractivity contribution in [1.29, 1.82) is 0 Å². The summed E-state index contributed by atoms with van der Waals surface area (Å²) in [5.74, 6) is 0.844. The molecule has 2 aromatic rings. The standard InChI is InChI=1S/C13H14BrNO/c1-9(8-15)16-12-7-6-10-4-2-3-5-11(10)13(12)14/h2-7,9H,8,15H2,1H3. The van der Waals surface area contributed by atoms with E-state index in [0.29, 0.717) is 6.54 Å². The predicted octanol–water partition coefficient (Wildman–Crippen LogP) is 3.33. The van der Waals surface area contributed by atoms with Gasteiger partial charge in [0.25, 0.3) is 0 Å². The van der Waals surface area contributed by atoms with Crippen LogP contribution in [0.2, 0.25) is 0 Å². The van der Waals surface area contributed by atoms with Crippen LogP contribution in [-0.4, -0.2) is 12.6 Å². The van der Waals surface area contributed by atoms with Crippen molar-refractivity contribution < 1.29 is 4.74 Å². The van der Waals surface area contributed by atoms with E-state index in [-0.39, 0.29) is 6.10 Å².